The van der Waals surface area contributed by atoms with E-state index in [1.54, 1.807) is 6.07 Å². The van der Waals surface area contributed by atoms with Crippen molar-refractivity contribution in [3.05, 3.63) is 59.4 Å². The summed E-state index contributed by atoms with van der Waals surface area (Å²) in [5.74, 6) is -0.865. The van der Waals surface area contributed by atoms with Crippen LogP contribution in [0.4, 0.5) is 4.39 Å². The lowest BCUT2D eigenvalue weighted by Crippen LogP contribution is -2.12. The molecular weight excluding hydrogens is 283 g/mol. The molecule has 112 valence electrons. The van der Waals surface area contributed by atoms with Gasteiger partial charge in [-0.3, -0.25) is 9.59 Å². The normalized spacial score (nSPS) is 13.9. The molecule has 1 aliphatic carbocycles. The minimum atomic E-state index is -0.537. The average Bonchev–Trinajstić information content (AvgIpc) is 3.32. The largest absolute Gasteiger partial charge is 0.299 e. The van der Waals surface area contributed by atoms with Gasteiger partial charge in [-0.05, 0) is 42.0 Å². The lowest BCUT2D eigenvalue weighted by atomic mass is 10.00. The van der Waals surface area contributed by atoms with Gasteiger partial charge < -0.3 is 0 Å². The van der Waals surface area contributed by atoms with Crippen molar-refractivity contribution in [2.24, 2.45) is 0 Å². The number of Topliss-reactive ketones (excluding diaryl/α,β-unsaturated/α-hetero) is 2. The summed E-state index contributed by atoms with van der Waals surface area (Å²) in [6, 6.07) is 4.69. The maximum atomic E-state index is 14.0. The molecule has 0 atom stereocenters. The molecule has 1 aromatic carbocycles. The molecule has 1 saturated carbocycles. The molecule has 1 fully saturated rings. The van der Waals surface area contributed by atoms with Gasteiger partial charge in [-0.1, -0.05) is 6.07 Å². The molecule has 0 radical (unpaired) electrons. The predicted molar refractivity (Wildman–Crippen MR) is 78.1 cm³/mol. The van der Waals surface area contributed by atoms with Crippen LogP contribution in [0.5, 0.6) is 0 Å². The monoisotopic (exact) mass is 298 g/mol. The minimum Gasteiger partial charge on any atom is -0.299 e. The van der Waals surface area contributed by atoms with E-state index in [1.807, 2.05) is 0 Å². The number of hydrogen-bond donors (Lipinski definition) is 0. The second-order valence-corrected chi connectivity index (χ2v) is 5.58. The van der Waals surface area contributed by atoms with Crippen LogP contribution in [-0.4, -0.2) is 21.5 Å². The molecular formula is C17H15FN2O2. The van der Waals surface area contributed by atoms with Crippen LogP contribution in [0.3, 0.4) is 0 Å². The number of ketones is 2. The number of halogens is 1. The highest BCUT2D eigenvalue weighted by atomic mass is 19.1. The van der Waals surface area contributed by atoms with Crippen LogP contribution >= 0.6 is 0 Å². The van der Waals surface area contributed by atoms with Gasteiger partial charge in [0.15, 0.2) is 5.78 Å². The van der Waals surface area contributed by atoms with E-state index in [1.165, 1.54) is 30.9 Å². The van der Waals surface area contributed by atoms with E-state index in [9.17, 15) is 14.0 Å². The van der Waals surface area contributed by atoms with Crippen LogP contribution in [0.25, 0.3) is 0 Å². The predicted octanol–water partition coefficient (Wildman–Crippen LogP) is 2.88. The number of aromatic nitrogens is 2. The number of carbonyl (C=O) groups excluding carboxylic acids is 2. The van der Waals surface area contributed by atoms with Gasteiger partial charge in [0.25, 0.3) is 0 Å². The fourth-order valence-corrected chi connectivity index (χ4v) is 2.41. The third-order valence-corrected chi connectivity index (χ3v) is 3.72. The van der Waals surface area contributed by atoms with Gasteiger partial charge in [0.05, 0.1) is 12.0 Å². The van der Waals surface area contributed by atoms with E-state index in [0.29, 0.717) is 11.5 Å². The fraction of sp³-hybridized carbons (Fsp3) is 0.294. The Bertz CT molecular complexity index is 712. The summed E-state index contributed by atoms with van der Waals surface area (Å²) in [5, 5.41) is 0. The lowest BCUT2D eigenvalue weighted by molar-refractivity contribution is -0.117. The Labute approximate surface area is 127 Å². The third kappa shape index (κ3) is 3.42. The van der Waals surface area contributed by atoms with Crippen molar-refractivity contribution in [1.29, 1.82) is 0 Å². The number of rotatable bonds is 6. The highest BCUT2D eigenvalue weighted by Gasteiger charge is 2.25. The van der Waals surface area contributed by atoms with Gasteiger partial charge in [-0.25, -0.2) is 14.4 Å². The standard InChI is InChI=1S/C17H15FN2O2/c18-16-6-13(12-1-2-12)3-4-15(16)17(22)7-14(21)5-11-8-19-10-20-9-11/h3-4,6,8-10,12H,1-2,5,7H2. The molecule has 0 N–H and O–H groups in total. The van der Waals surface area contributed by atoms with E-state index in [4.69, 9.17) is 0 Å². The zero-order chi connectivity index (χ0) is 15.5. The molecule has 1 heterocycles. The van der Waals surface area contributed by atoms with E-state index in [2.05, 4.69) is 9.97 Å². The fourth-order valence-electron chi connectivity index (χ4n) is 2.41. The first-order chi connectivity index (χ1) is 10.6. The highest BCUT2D eigenvalue weighted by Crippen LogP contribution is 2.40. The van der Waals surface area contributed by atoms with Gasteiger partial charge in [-0.15, -0.1) is 0 Å². The van der Waals surface area contributed by atoms with E-state index < -0.39 is 11.6 Å². The van der Waals surface area contributed by atoms with Crippen molar-refractivity contribution in [2.75, 3.05) is 0 Å². The lowest BCUT2D eigenvalue weighted by Gasteiger charge is -2.05. The summed E-state index contributed by atoms with van der Waals surface area (Å²) < 4.78 is 14.0. The van der Waals surface area contributed by atoms with Crippen molar-refractivity contribution >= 4 is 11.6 Å². The Hall–Kier alpha value is -2.43. The summed E-state index contributed by atoms with van der Waals surface area (Å²) >= 11 is 0. The Morgan fingerprint density at radius 2 is 1.91 bits per heavy atom. The van der Waals surface area contributed by atoms with Crippen LogP contribution < -0.4 is 0 Å². The Balaban J connectivity index is 1.65. The molecule has 4 nitrogen and oxygen atoms in total. The topological polar surface area (TPSA) is 59.9 Å². The van der Waals surface area contributed by atoms with Crippen LogP contribution in [0.1, 0.15) is 46.7 Å². The first kappa shape index (κ1) is 14.5. The quantitative estimate of drug-likeness (QED) is 0.608. The molecule has 5 heteroatoms. The molecule has 0 spiro atoms. The molecule has 0 amide bonds. The van der Waals surface area contributed by atoms with Gasteiger partial charge >= 0.3 is 0 Å². The van der Waals surface area contributed by atoms with Crippen molar-refractivity contribution in [3.63, 3.8) is 0 Å². The summed E-state index contributed by atoms with van der Waals surface area (Å²) in [6.07, 6.45) is 6.34. The highest BCUT2D eigenvalue weighted by molar-refractivity contribution is 6.08. The third-order valence-electron chi connectivity index (χ3n) is 3.72. The first-order valence-electron chi connectivity index (χ1n) is 7.21. The SMILES string of the molecule is O=C(CC(=O)c1ccc(C2CC2)cc1F)Cc1cncnc1. The zero-order valence-corrected chi connectivity index (χ0v) is 12.0. The Kier molecular flexibility index (Phi) is 4.04. The van der Waals surface area contributed by atoms with Crippen molar-refractivity contribution in [1.82, 2.24) is 9.97 Å². The van der Waals surface area contributed by atoms with Gasteiger partial charge in [0.2, 0.25) is 0 Å². The maximum absolute atomic E-state index is 14.0. The molecule has 2 aromatic rings. The maximum Gasteiger partial charge on any atom is 0.173 e. The Morgan fingerprint density at radius 1 is 1.18 bits per heavy atom. The number of nitrogens with zero attached hydrogens (tertiary/aromatic N) is 2. The molecule has 0 aliphatic heterocycles. The van der Waals surface area contributed by atoms with E-state index >= 15 is 0 Å². The van der Waals surface area contributed by atoms with Gasteiger partial charge in [0.1, 0.15) is 17.9 Å². The summed E-state index contributed by atoms with van der Waals surface area (Å²) in [6.45, 7) is 0. The molecule has 1 aromatic heterocycles. The molecule has 3 rings (SSSR count). The van der Waals surface area contributed by atoms with E-state index in [0.717, 1.165) is 18.4 Å². The molecule has 1 aliphatic rings. The number of hydrogen-bond acceptors (Lipinski definition) is 4. The average molecular weight is 298 g/mol. The van der Waals surface area contributed by atoms with Crippen molar-refractivity contribution < 1.29 is 14.0 Å². The second-order valence-electron chi connectivity index (χ2n) is 5.58. The molecule has 0 unspecified atom stereocenters. The first-order valence-corrected chi connectivity index (χ1v) is 7.21. The van der Waals surface area contributed by atoms with Crippen molar-refractivity contribution in [2.45, 2.75) is 31.6 Å². The molecule has 0 saturated heterocycles. The van der Waals surface area contributed by atoms with Gasteiger partial charge in [0, 0.05) is 18.8 Å². The van der Waals surface area contributed by atoms with Crippen LogP contribution in [0.2, 0.25) is 0 Å². The van der Waals surface area contributed by atoms with Gasteiger partial charge in [-0.2, -0.15) is 0 Å². The van der Waals surface area contributed by atoms with Crippen LogP contribution in [0, 0.1) is 5.82 Å². The molecule has 22 heavy (non-hydrogen) atoms. The second kappa shape index (κ2) is 6.13. The van der Waals surface area contributed by atoms with Crippen LogP contribution in [0.15, 0.2) is 36.9 Å². The summed E-state index contributed by atoms with van der Waals surface area (Å²) in [4.78, 5) is 31.6. The summed E-state index contributed by atoms with van der Waals surface area (Å²) in [5.41, 5.74) is 1.56. The number of carbonyl (C=O) groups is 2. The summed E-state index contributed by atoms with van der Waals surface area (Å²) in [7, 11) is 0. The zero-order valence-electron chi connectivity index (χ0n) is 12.0. The smallest absolute Gasteiger partial charge is 0.173 e. The van der Waals surface area contributed by atoms with Crippen LogP contribution in [-0.2, 0) is 11.2 Å². The van der Waals surface area contributed by atoms with Crippen molar-refractivity contribution in [3.8, 4) is 0 Å². The number of benzene rings is 1. The van der Waals surface area contributed by atoms with E-state index in [-0.39, 0.29) is 24.2 Å². The minimum absolute atomic E-state index is 0.0120. The Morgan fingerprint density at radius 3 is 2.55 bits per heavy atom. The molecule has 0 bridgehead atoms.